The van der Waals surface area contributed by atoms with Gasteiger partial charge in [0.15, 0.2) is 0 Å². The van der Waals surface area contributed by atoms with Crippen molar-refractivity contribution < 1.29 is 14.6 Å². The van der Waals surface area contributed by atoms with Crippen LogP contribution in [0.5, 0.6) is 0 Å². The highest BCUT2D eigenvalue weighted by molar-refractivity contribution is 5.69. The number of ether oxygens (including phenoxy) is 1. The molecule has 0 fully saturated rings. The van der Waals surface area contributed by atoms with Gasteiger partial charge in [0.2, 0.25) is 0 Å². The molecule has 0 amide bonds. The van der Waals surface area contributed by atoms with E-state index < -0.39 is 0 Å². The maximum atomic E-state index is 11.2. The quantitative estimate of drug-likeness (QED) is 0.546. The van der Waals surface area contributed by atoms with Gasteiger partial charge in [-0.15, -0.1) is 0 Å². The van der Waals surface area contributed by atoms with Crippen molar-refractivity contribution in [3.05, 3.63) is 0 Å². The molecule has 3 N–H and O–H groups in total. The number of aliphatic hydroxyl groups is 1. The molecule has 0 aliphatic rings. The molecule has 16 heavy (non-hydrogen) atoms. The van der Waals surface area contributed by atoms with Gasteiger partial charge < -0.3 is 15.6 Å². The first-order chi connectivity index (χ1) is 7.69. The van der Waals surface area contributed by atoms with Crippen LogP contribution in [0.15, 0.2) is 0 Å². The van der Waals surface area contributed by atoms with Crippen molar-refractivity contribution in [3.63, 3.8) is 0 Å². The maximum absolute atomic E-state index is 11.2. The van der Waals surface area contributed by atoms with Gasteiger partial charge in [0.25, 0.3) is 0 Å². The van der Waals surface area contributed by atoms with Crippen molar-refractivity contribution in [2.45, 2.75) is 32.2 Å². The number of nitrogens with zero attached hydrogens (tertiary/aromatic N) is 1. The number of hydrogen-bond acceptors (Lipinski definition) is 5. The van der Waals surface area contributed by atoms with E-state index in [4.69, 9.17) is 10.8 Å². The van der Waals surface area contributed by atoms with E-state index in [-0.39, 0.29) is 18.6 Å². The Hall–Kier alpha value is -0.650. The van der Waals surface area contributed by atoms with Crippen molar-refractivity contribution in [2.24, 2.45) is 5.73 Å². The zero-order valence-electron chi connectivity index (χ0n) is 10.3. The van der Waals surface area contributed by atoms with Crippen LogP contribution in [0.3, 0.4) is 0 Å². The third-order valence-corrected chi connectivity index (χ3v) is 2.54. The molecule has 0 rings (SSSR count). The standard InChI is InChI=1S/C11H24N2O3/c1-3-6-13(7-5-12)10(4-8-14)9-11(15)16-2/h10,14H,3-9,12H2,1-2H3. The van der Waals surface area contributed by atoms with Gasteiger partial charge in [-0.05, 0) is 19.4 Å². The highest BCUT2D eigenvalue weighted by atomic mass is 16.5. The van der Waals surface area contributed by atoms with Gasteiger partial charge in [-0.3, -0.25) is 9.69 Å². The Labute approximate surface area is 97.6 Å². The van der Waals surface area contributed by atoms with Crippen LogP contribution in [-0.4, -0.2) is 55.4 Å². The summed E-state index contributed by atoms with van der Waals surface area (Å²) in [6.45, 7) is 4.35. The lowest BCUT2D eigenvalue weighted by Crippen LogP contribution is -2.41. The van der Waals surface area contributed by atoms with E-state index in [1.807, 2.05) is 0 Å². The summed E-state index contributed by atoms with van der Waals surface area (Å²) in [5.41, 5.74) is 5.54. The molecule has 1 unspecified atom stereocenters. The van der Waals surface area contributed by atoms with Crippen LogP contribution in [0.2, 0.25) is 0 Å². The Morgan fingerprint density at radius 1 is 1.50 bits per heavy atom. The number of methoxy groups -OCH3 is 1. The van der Waals surface area contributed by atoms with Gasteiger partial charge in [0.1, 0.15) is 0 Å². The van der Waals surface area contributed by atoms with Crippen LogP contribution in [0.1, 0.15) is 26.2 Å². The largest absolute Gasteiger partial charge is 0.469 e. The molecule has 0 bridgehead atoms. The minimum atomic E-state index is -0.239. The van der Waals surface area contributed by atoms with Gasteiger partial charge in [0.05, 0.1) is 13.5 Å². The predicted octanol–water partition coefficient (Wildman–Crippen LogP) is -0.0288. The van der Waals surface area contributed by atoms with Gasteiger partial charge in [-0.25, -0.2) is 0 Å². The molecule has 0 aromatic heterocycles. The van der Waals surface area contributed by atoms with Crippen LogP contribution in [-0.2, 0) is 9.53 Å². The monoisotopic (exact) mass is 232 g/mol. The average Bonchev–Trinajstić information content (AvgIpc) is 2.28. The van der Waals surface area contributed by atoms with Crippen LogP contribution in [0.25, 0.3) is 0 Å². The number of nitrogens with two attached hydrogens (primary N) is 1. The summed E-state index contributed by atoms with van der Waals surface area (Å²) in [4.78, 5) is 13.4. The van der Waals surface area contributed by atoms with Crippen LogP contribution in [0.4, 0.5) is 0 Å². The fourth-order valence-corrected chi connectivity index (χ4v) is 1.77. The molecule has 0 radical (unpaired) electrons. The molecular weight excluding hydrogens is 208 g/mol. The third kappa shape index (κ3) is 6.05. The van der Waals surface area contributed by atoms with Crippen LogP contribution >= 0.6 is 0 Å². The van der Waals surface area contributed by atoms with E-state index in [1.165, 1.54) is 7.11 Å². The van der Waals surface area contributed by atoms with Crippen LogP contribution < -0.4 is 5.73 Å². The number of aliphatic hydroxyl groups excluding tert-OH is 1. The summed E-state index contributed by atoms with van der Waals surface area (Å²) in [6.07, 6.45) is 1.90. The van der Waals surface area contributed by atoms with Crippen LogP contribution in [0, 0.1) is 0 Å². The van der Waals surface area contributed by atoms with E-state index in [0.717, 1.165) is 19.5 Å². The number of carbonyl (C=O) groups is 1. The molecule has 5 heteroatoms. The maximum Gasteiger partial charge on any atom is 0.307 e. The SMILES string of the molecule is CCCN(CCN)C(CCO)CC(=O)OC. The van der Waals surface area contributed by atoms with E-state index >= 15 is 0 Å². The molecule has 0 aliphatic heterocycles. The van der Waals surface area contributed by atoms with Crippen molar-refractivity contribution >= 4 is 5.97 Å². The fraction of sp³-hybridized carbons (Fsp3) is 0.909. The minimum absolute atomic E-state index is 0.0287. The first-order valence-electron chi connectivity index (χ1n) is 5.81. The first-order valence-corrected chi connectivity index (χ1v) is 5.81. The third-order valence-electron chi connectivity index (χ3n) is 2.54. The number of hydrogen-bond donors (Lipinski definition) is 2. The number of rotatable bonds is 9. The molecule has 0 saturated carbocycles. The van der Waals surface area contributed by atoms with Crippen molar-refractivity contribution in [3.8, 4) is 0 Å². The molecule has 0 aliphatic carbocycles. The Kier molecular flexibility index (Phi) is 9.18. The second-order valence-electron chi connectivity index (χ2n) is 3.77. The second kappa shape index (κ2) is 9.57. The molecule has 96 valence electrons. The zero-order valence-corrected chi connectivity index (χ0v) is 10.3. The lowest BCUT2D eigenvalue weighted by Gasteiger charge is -2.30. The van der Waals surface area contributed by atoms with Gasteiger partial charge in [-0.1, -0.05) is 6.92 Å². The summed E-state index contributed by atoms with van der Waals surface area (Å²) in [5.74, 6) is -0.239. The van der Waals surface area contributed by atoms with E-state index in [2.05, 4.69) is 16.6 Å². The molecule has 0 saturated heterocycles. The molecule has 0 aromatic carbocycles. The van der Waals surface area contributed by atoms with E-state index in [9.17, 15) is 4.79 Å². The Balaban J connectivity index is 4.35. The smallest absolute Gasteiger partial charge is 0.307 e. The summed E-state index contributed by atoms with van der Waals surface area (Å²) in [5, 5.41) is 9.00. The summed E-state index contributed by atoms with van der Waals surface area (Å²) in [6, 6.07) is 0.0287. The lowest BCUT2D eigenvalue weighted by molar-refractivity contribution is -0.142. The molecule has 0 heterocycles. The second-order valence-corrected chi connectivity index (χ2v) is 3.77. The fourth-order valence-electron chi connectivity index (χ4n) is 1.77. The lowest BCUT2D eigenvalue weighted by atomic mass is 10.1. The van der Waals surface area contributed by atoms with Gasteiger partial charge >= 0.3 is 5.97 Å². The highest BCUT2D eigenvalue weighted by Crippen LogP contribution is 2.10. The van der Waals surface area contributed by atoms with E-state index in [0.29, 0.717) is 19.4 Å². The topological polar surface area (TPSA) is 75.8 Å². The summed E-state index contributed by atoms with van der Waals surface area (Å²) in [7, 11) is 1.38. The zero-order chi connectivity index (χ0) is 12.4. The van der Waals surface area contributed by atoms with Crippen molar-refractivity contribution in [2.75, 3.05) is 33.4 Å². The number of esters is 1. The number of carbonyl (C=O) groups excluding carboxylic acids is 1. The van der Waals surface area contributed by atoms with Gasteiger partial charge in [-0.2, -0.15) is 0 Å². The highest BCUT2D eigenvalue weighted by Gasteiger charge is 2.20. The van der Waals surface area contributed by atoms with Crippen molar-refractivity contribution in [1.29, 1.82) is 0 Å². The molecule has 0 spiro atoms. The molecule has 1 atom stereocenters. The Morgan fingerprint density at radius 3 is 2.62 bits per heavy atom. The normalized spacial score (nSPS) is 12.8. The van der Waals surface area contributed by atoms with E-state index in [1.54, 1.807) is 0 Å². The molecular formula is C11H24N2O3. The summed E-state index contributed by atoms with van der Waals surface area (Å²) >= 11 is 0. The Bertz CT molecular complexity index is 182. The van der Waals surface area contributed by atoms with Crippen molar-refractivity contribution in [1.82, 2.24) is 4.90 Å². The first kappa shape index (κ1) is 15.3. The Morgan fingerprint density at radius 2 is 2.19 bits per heavy atom. The molecule has 0 aromatic rings. The summed E-state index contributed by atoms with van der Waals surface area (Å²) < 4.78 is 4.65. The van der Waals surface area contributed by atoms with Gasteiger partial charge in [0, 0.05) is 25.7 Å². The average molecular weight is 232 g/mol. The minimum Gasteiger partial charge on any atom is -0.469 e. The molecule has 5 nitrogen and oxygen atoms in total. The predicted molar refractivity (Wildman–Crippen MR) is 63.0 cm³/mol.